The van der Waals surface area contributed by atoms with Crippen LogP contribution in [0.5, 0.6) is 0 Å². The van der Waals surface area contributed by atoms with Crippen molar-refractivity contribution in [1.82, 2.24) is 9.03 Å². The normalized spacial score (nSPS) is 17.1. The van der Waals surface area contributed by atoms with Gasteiger partial charge in [0.25, 0.3) is 0 Å². The average Bonchev–Trinajstić information content (AvgIpc) is 2.53. The summed E-state index contributed by atoms with van der Waals surface area (Å²) < 4.78 is 65.8. The molecule has 0 unspecified atom stereocenters. The molecule has 1 aromatic rings. The molecule has 2 rings (SSSR count). The number of hydrogen-bond donors (Lipinski definition) is 1. The predicted molar refractivity (Wildman–Crippen MR) is 94.7 cm³/mol. The van der Waals surface area contributed by atoms with E-state index in [1.807, 2.05) is 0 Å². The molecule has 0 bridgehead atoms. The largest absolute Gasteiger partial charge is 0.240 e. The third-order valence-electron chi connectivity index (χ3n) is 4.47. The predicted octanol–water partition coefficient (Wildman–Crippen LogP) is 2.01. The first-order valence-corrected chi connectivity index (χ1v) is 11.7. The molecule has 0 amide bonds. The Bertz CT molecular complexity index is 803. The van der Waals surface area contributed by atoms with Gasteiger partial charge in [-0.15, -0.1) is 0 Å². The summed E-state index contributed by atoms with van der Waals surface area (Å²) >= 11 is 0. The molecule has 25 heavy (non-hydrogen) atoms. The van der Waals surface area contributed by atoms with Crippen LogP contribution < -0.4 is 4.72 Å². The number of nitrogens with one attached hydrogen (secondary N) is 1. The summed E-state index contributed by atoms with van der Waals surface area (Å²) in [6, 6.07) is 3.49. The Morgan fingerprint density at radius 2 is 1.80 bits per heavy atom. The van der Waals surface area contributed by atoms with Crippen molar-refractivity contribution in [3.05, 3.63) is 29.6 Å². The summed E-state index contributed by atoms with van der Waals surface area (Å²) in [6.45, 7) is 1.55. The number of aryl methyl sites for hydroxylation is 1. The van der Waals surface area contributed by atoms with Gasteiger partial charge in [-0.3, -0.25) is 0 Å². The summed E-state index contributed by atoms with van der Waals surface area (Å²) in [5.74, 6) is -0.473. The third kappa shape index (κ3) is 5.47. The van der Waals surface area contributed by atoms with Gasteiger partial charge in [-0.25, -0.2) is 25.9 Å². The molecule has 1 aromatic carbocycles. The second-order valence-corrected chi connectivity index (χ2v) is 10.2. The van der Waals surface area contributed by atoms with E-state index in [-0.39, 0.29) is 29.6 Å². The topological polar surface area (TPSA) is 83.6 Å². The van der Waals surface area contributed by atoms with Crippen LogP contribution in [-0.4, -0.2) is 46.5 Å². The summed E-state index contributed by atoms with van der Waals surface area (Å²) in [4.78, 5) is -0.0324. The average molecular weight is 393 g/mol. The van der Waals surface area contributed by atoms with E-state index in [4.69, 9.17) is 0 Å². The van der Waals surface area contributed by atoms with Crippen molar-refractivity contribution in [2.75, 3.05) is 19.3 Å². The molecule has 0 saturated heterocycles. The van der Waals surface area contributed by atoms with Crippen LogP contribution >= 0.6 is 0 Å². The molecule has 1 aliphatic rings. The van der Waals surface area contributed by atoms with E-state index in [1.165, 1.54) is 23.4 Å². The number of rotatable bonds is 7. The molecule has 0 aliphatic heterocycles. The number of benzene rings is 1. The van der Waals surface area contributed by atoms with Crippen molar-refractivity contribution in [2.45, 2.75) is 50.0 Å². The molecule has 9 heteroatoms. The van der Waals surface area contributed by atoms with Crippen molar-refractivity contribution < 1.29 is 21.2 Å². The van der Waals surface area contributed by atoms with Crippen LogP contribution in [0, 0.1) is 12.7 Å². The van der Waals surface area contributed by atoms with Crippen LogP contribution in [0.15, 0.2) is 23.1 Å². The smallest absolute Gasteiger partial charge is 0.212 e. The summed E-state index contributed by atoms with van der Waals surface area (Å²) in [6.07, 6.45) is 5.83. The molecule has 1 fully saturated rings. The fourth-order valence-corrected chi connectivity index (χ4v) is 5.43. The molecule has 0 radical (unpaired) electrons. The zero-order valence-corrected chi connectivity index (χ0v) is 16.2. The number of nitrogens with zero attached hydrogens (tertiary/aromatic N) is 1. The summed E-state index contributed by atoms with van der Waals surface area (Å²) in [7, 11) is -7.22. The lowest BCUT2D eigenvalue weighted by molar-refractivity contribution is 0.257. The van der Waals surface area contributed by atoms with Gasteiger partial charge < -0.3 is 0 Å². The van der Waals surface area contributed by atoms with Gasteiger partial charge in [0.2, 0.25) is 20.0 Å². The van der Waals surface area contributed by atoms with Gasteiger partial charge >= 0.3 is 0 Å². The highest BCUT2D eigenvalue weighted by molar-refractivity contribution is 7.89. The van der Waals surface area contributed by atoms with Gasteiger partial charge in [-0.05, 0) is 43.5 Å². The zero-order valence-electron chi connectivity index (χ0n) is 14.5. The minimum atomic E-state index is -3.81. The molecule has 0 heterocycles. The van der Waals surface area contributed by atoms with Gasteiger partial charge in [-0.1, -0.05) is 19.3 Å². The SMILES string of the molecule is Cc1cc(S(=O)(=O)NCCN(C2CCCCC2)S(C)(=O)=O)ccc1F. The Kier molecular flexibility index (Phi) is 6.58. The molecule has 0 atom stereocenters. The van der Waals surface area contributed by atoms with E-state index in [1.54, 1.807) is 0 Å². The lowest BCUT2D eigenvalue weighted by Crippen LogP contribution is -2.44. The Hall–Kier alpha value is -1.03. The van der Waals surface area contributed by atoms with Crippen LogP contribution in [0.25, 0.3) is 0 Å². The molecule has 1 saturated carbocycles. The van der Waals surface area contributed by atoms with E-state index >= 15 is 0 Å². The number of hydrogen-bond acceptors (Lipinski definition) is 4. The van der Waals surface area contributed by atoms with Gasteiger partial charge in [0, 0.05) is 19.1 Å². The minimum absolute atomic E-state index is 0.0255. The Morgan fingerprint density at radius 3 is 2.36 bits per heavy atom. The number of sulfonamides is 2. The maximum atomic E-state index is 13.3. The number of halogens is 1. The summed E-state index contributed by atoms with van der Waals surface area (Å²) in [5.41, 5.74) is 0.239. The second kappa shape index (κ2) is 8.11. The maximum absolute atomic E-state index is 13.3. The molecule has 0 spiro atoms. The maximum Gasteiger partial charge on any atom is 0.240 e. The van der Waals surface area contributed by atoms with Crippen molar-refractivity contribution in [2.24, 2.45) is 0 Å². The lowest BCUT2D eigenvalue weighted by atomic mass is 9.95. The summed E-state index contributed by atoms with van der Waals surface area (Å²) in [5, 5.41) is 0. The minimum Gasteiger partial charge on any atom is -0.212 e. The Balaban J connectivity index is 2.04. The van der Waals surface area contributed by atoms with Gasteiger partial charge in [0.1, 0.15) is 5.82 Å². The highest BCUT2D eigenvalue weighted by atomic mass is 32.2. The quantitative estimate of drug-likeness (QED) is 0.769. The standard InChI is InChI=1S/C16H25FN2O4S2/c1-13-12-15(8-9-16(13)17)25(22,23)18-10-11-19(24(2,20)21)14-6-4-3-5-7-14/h8-9,12,14,18H,3-7,10-11H2,1-2H3. The molecule has 1 aliphatic carbocycles. The van der Waals surface area contributed by atoms with Crippen molar-refractivity contribution in [3.63, 3.8) is 0 Å². The van der Waals surface area contributed by atoms with Gasteiger partial charge in [-0.2, -0.15) is 4.31 Å². The van der Waals surface area contributed by atoms with Crippen LogP contribution in [0.4, 0.5) is 4.39 Å². The monoisotopic (exact) mass is 392 g/mol. The first kappa shape index (κ1) is 20.3. The van der Waals surface area contributed by atoms with E-state index in [2.05, 4.69) is 4.72 Å². The van der Waals surface area contributed by atoms with Gasteiger partial charge in [0.05, 0.1) is 11.2 Å². The van der Waals surface area contributed by atoms with E-state index < -0.39 is 25.9 Å². The molecular formula is C16H25FN2O4S2. The third-order valence-corrected chi connectivity index (χ3v) is 7.26. The molecular weight excluding hydrogens is 367 g/mol. The van der Waals surface area contributed by atoms with Gasteiger partial charge in [0.15, 0.2) is 0 Å². The Labute approximate surface area is 149 Å². The Morgan fingerprint density at radius 1 is 1.16 bits per heavy atom. The molecule has 0 aromatic heterocycles. The van der Waals surface area contributed by atoms with E-state index in [0.29, 0.717) is 0 Å². The first-order chi connectivity index (χ1) is 11.6. The van der Waals surface area contributed by atoms with Crippen molar-refractivity contribution >= 4 is 20.0 Å². The van der Waals surface area contributed by atoms with Crippen molar-refractivity contribution in [3.8, 4) is 0 Å². The van der Waals surface area contributed by atoms with Crippen molar-refractivity contribution in [1.29, 1.82) is 0 Å². The van der Waals surface area contributed by atoms with Crippen LogP contribution in [-0.2, 0) is 20.0 Å². The first-order valence-electron chi connectivity index (χ1n) is 8.34. The van der Waals surface area contributed by atoms with E-state index in [0.717, 1.165) is 44.4 Å². The van der Waals surface area contributed by atoms with Crippen LogP contribution in [0.2, 0.25) is 0 Å². The van der Waals surface area contributed by atoms with Crippen LogP contribution in [0.3, 0.4) is 0 Å². The zero-order chi connectivity index (χ0) is 18.7. The molecule has 142 valence electrons. The molecule has 6 nitrogen and oxygen atoms in total. The highest BCUT2D eigenvalue weighted by Gasteiger charge is 2.28. The fourth-order valence-electron chi connectivity index (χ4n) is 3.15. The highest BCUT2D eigenvalue weighted by Crippen LogP contribution is 2.24. The van der Waals surface area contributed by atoms with Crippen LogP contribution in [0.1, 0.15) is 37.7 Å². The van der Waals surface area contributed by atoms with E-state index in [9.17, 15) is 21.2 Å². The molecule has 1 N–H and O–H groups in total. The fraction of sp³-hybridized carbons (Fsp3) is 0.625. The second-order valence-electron chi connectivity index (χ2n) is 6.47. The lowest BCUT2D eigenvalue weighted by Gasteiger charge is -2.32.